The van der Waals surface area contributed by atoms with Crippen LogP contribution >= 0.6 is 0 Å². The van der Waals surface area contributed by atoms with E-state index in [1.807, 2.05) is 54.8 Å². The summed E-state index contributed by atoms with van der Waals surface area (Å²) in [6.45, 7) is 6.75. The van der Waals surface area contributed by atoms with Gasteiger partial charge >= 0.3 is 0 Å². The number of aromatic nitrogens is 2. The molecule has 28 heavy (non-hydrogen) atoms. The molecule has 1 heterocycles. The van der Waals surface area contributed by atoms with Crippen LogP contribution in [0, 0.1) is 0 Å². The fourth-order valence-electron chi connectivity index (χ4n) is 2.99. The molecule has 1 N–H and O–H groups in total. The lowest BCUT2D eigenvalue weighted by Crippen LogP contribution is -2.16. The standard InChI is InChI=1S/C22H27N3O3/c1-3-14-28-18-10-7-9-17(16-18)21(26)24-22-23-19-11-5-6-12-20(19)25(22)13-8-15-27-4-2/h5-7,9-12,16H,3-4,8,13-15H2,1-2H3,(H,23,24,26). The van der Waals surface area contributed by atoms with Crippen molar-refractivity contribution >= 4 is 22.9 Å². The maximum Gasteiger partial charge on any atom is 0.258 e. The Morgan fingerprint density at radius 3 is 2.79 bits per heavy atom. The average Bonchev–Trinajstić information content (AvgIpc) is 3.07. The van der Waals surface area contributed by atoms with E-state index in [0.717, 1.165) is 30.4 Å². The van der Waals surface area contributed by atoms with E-state index in [1.54, 1.807) is 12.1 Å². The normalized spacial score (nSPS) is 10.9. The number of hydrogen-bond acceptors (Lipinski definition) is 4. The lowest BCUT2D eigenvalue weighted by atomic mass is 10.2. The van der Waals surface area contributed by atoms with Gasteiger partial charge in [-0.15, -0.1) is 0 Å². The van der Waals surface area contributed by atoms with Crippen molar-refractivity contribution < 1.29 is 14.3 Å². The van der Waals surface area contributed by atoms with Gasteiger partial charge in [0.15, 0.2) is 0 Å². The van der Waals surface area contributed by atoms with Gasteiger partial charge in [0, 0.05) is 25.3 Å². The van der Waals surface area contributed by atoms with Crippen molar-refractivity contribution in [2.75, 3.05) is 25.1 Å². The van der Waals surface area contributed by atoms with Gasteiger partial charge in [0.25, 0.3) is 5.91 Å². The van der Waals surface area contributed by atoms with Gasteiger partial charge in [-0.1, -0.05) is 25.1 Å². The van der Waals surface area contributed by atoms with Crippen LogP contribution in [0.2, 0.25) is 0 Å². The molecule has 1 amide bonds. The van der Waals surface area contributed by atoms with Gasteiger partial charge in [-0.25, -0.2) is 4.98 Å². The summed E-state index contributed by atoms with van der Waals surface area (Å²) in [5.41, 5.74) is 2.39. The molecule has 2 aromatic carbocycles. The second kappa shape index (κ2) is 9.90. The first-order valence-corrected chi connectivity index (χ1v) is 9.80. The Kier molecular flexibility index (Phi) is 7.03. The molecule has 0 aliphatic heterocycles. The Morgan fingerprint density at radius 1 is 1.11 bits per heavy atom. The number of para-hydroxylation sites is 2. The van der Waals surface area contributed by atoms with Gasteiger partial charge < -0.3 is 14.0 Å². The number of amides is 1. The Bertz CT molecular complexity index is 920. The summed E-state index contributed by atoms with van der Waals surface area (Å²) in [5, 5.41) is 2.96. The zero-order valence-corrected chi connectivity index (χ0v) is 16.5. The lowest BCUT2D eigenvalue weighted by molar-refractivity contribution is 0.102. The van der Waals surface area contributed by atoms with Crippen LogP contribution in [-0.2, 0) is 11.3 Å². The molecular weight excluding hydrogens is 354 g/mol. The Morgan fingerprint density at radius 2 is 1.96 bits per heavy atom. The summed E-state index contributed by atoms with van der Waals surface area (Å²) in [6, 6.07) is 15.1. The molecule has 3 rings (SSSR count). The highest BCUT2D eigenvalue weighted by Gasteiger charge is 2.14. The largest absolute Gasteiger partial charge is 0.494 e. The number of benzene rings is 2. The number of ether oxygens (including phenoxy) is 2. The number of carbonyl (C=O) groups excluding carboxylic acids is 1. The Labute approximate surface area is 165 Å². The quantitative estimate of drug-likeness (QED) is 0.525. The topological polar surface area (TPSA) is 65.4 Å². The van der Waals surface area contributed by atoms with E-state index in [-0.39, 0.29) is 5.91 Å². The SMILES string of the molecule is CCCOc1cccc(C(=O)Nc2nc3ccccc3n2CCCOCC)c1. The zero-order chi connectivity index (χ0) is 19.8. The highest BCUT2D eigenvalue weighted by Crippen LogP contribution is 2.21. The number of fused-ring (bicyclic) bond motifs is 1. The van der Waals surface area contributed by atoms with Crippen molar-refractivity contribution in [3.63, 3.8) is 0 Å². The summed E-state index contributed by atoms with van der Waals surface area (Å²) < 4.78 is 13.1. The maximum atomic E-state index is 12.8. The van der Waals surface area contributed by atoms with Crippen LogP contribution in [0.1, 0.15) is 37.0 Å². The van der Waals surface area contributed by atoms with Crippen LogP contribution < -0.4 is 10.1 Å². The summed E-state index contributed by atoms with van der Waals surface area (Å²) in [6.07, 6.45) is 1.76. The van der Waals surface area contributed by atoms with E-state index in [2.05, 4.69) is 10.3 Å². The van der Waals surface area contributed by atoms with Crippen molar-refractivity contribution in [2.24, 2.45) is 0 Å². The van der Waals surface area contributed by atoms with Crippen LogP contribution in [0.5, 0.6) is 5.75 Å². The number of anilines is 1. The molecule has 148 valence electrons. The van der Waals surface area contributed by atoms with Crippen molar-refractivity contribution in [2.45, 2.75) is 33.2 Å². The molecule has 0 spiro atoms. The minimum absolute atomic E-state index is 0.205. The second-order valence-electron chi connectivity index (χ2n) is 6.46. The first-order valence-electron chi connectivity index (χ1n) is 9.80. The maximum absolute atomic E-state index is 12.8. The van der Waals surface area contributed by atoms with Gasteiger partial charge in [-0.2, -0.15) is 0 Å². The van der Waals surface area contributed by atoms with E-state index in [0.29, 0.717) is 37.1 Å². The first-order chi connectivity index (χ1) is 13.7. The van der Waals surface area contributed by atoms with Crippen molar-refractivity contribution in [3.8, 4) is 5.75 Å². The van der Waals surface area contributed by atoms with Crippen LogP contribution in [-0.4, -0.2) is 35.3 Å². The molecule has 6 nitrogen and oxygen atoms in total. The minimum Gasteiger partial charge on any atom is -0.494 e. The Balaban J connectivity index is 1.80. The van der Waals surface area contributed by atoms with Crippen LogP contribution in [0.3, 0.4) is 0 Å². The van der Waals surface area contributed by atoms with E-state index in [9.17, 15) is 4.79 Å². The van der Waals surface area contributed by atoms with Gasteiger partial charge in [-0.3, -0.25) is 10.1 Å². The van der Waals surface area contributed by atoms with Crippen molar-refractivity contribution in [1.82, 2.24) is 9.55 Å². The van der Waals surface area contributed by atoms with Crippen molar-refractivity contribution in [1.29, 1.82) is 0 Å². The number of aryl methyl sites for hydroxylation is 1. The monoisotopic (exact) mass is 381 g/mol. The number of rotatable bonds is 10. The van der Waals surface area contributed by atoms with Crippen LogP contribution in [0.4, 0.5) is 5.95 Å². The van der Waals surface area contributed by atoms with Gasteiger partial charge in [0.2, 0.25) is 5.95 Å². The fraction of sp³-hybridized carbons (Fsp3) is 0.364. The van der Waals surface area contributed by atoms with Crippen molar-refractivity contribution in [3.05, 3.63) is 54.1 Å². The number of nitrogens with zero attached hydrogens (tertiary/aromatic N) is 2. The summed E-state index contributed by atoms with van der Waals surface area (Å²) in [5.74, 6) is 1.03. The average molecular weight is 381 g/mol. The van der Waals surface area contributed by atoms with E-state index < -0.39 is 0 Å². The molecule has 1 aromatic heterocycles. The van der Waals surface area contributed by atoms with E-state index >= 15 is 0 Å². The predicted molar refractivity (Wildman–Crippen MR) is 111 cm³/mol. The summed E-state index contributed by atoms with van der Waals surface area (Å²) in [7, 11) is 0. The fourth-order valence-corrected chi connectivity index (χ4v) is 2.99. The minimum atomic E-state index is -0.205. The number of imidazole rings is 1. The molecule has 0 bridgehead atoms. The first kappa shape index (κ1) is 19.9. The molecule has 3 aromatic rings. The third-order valence-electron chi connectivity index (χ3n) is 4.32. The van der Waals surface area contributed by atoms with E-state index in [1.165, 1.54) is 0 Å². The molecule has 0 aliphatic rings. The summed E-state index contributed by atoms with van der Waals surface area (Å²) >= 11 is 0. The van der Waals surface area contributed by atoms with Gasteiger partial charge in [0.05, 0.1) is 17.6 Å². The molecule has 0 saturated carbocycles. The Hall–Kier alpha value is -2.86. The number of hydrogen-bond donors (Lipinski definition) is 1. The molecule has 0 atom stereocenters. The number of carbonyl (C=O) groups is 1. The van der Waals surface area contributed by atoms with Crippen LogP contribution in [0.15, 0.2) is 48.5 Å². The van der Waals surface area contributed by atoms with Crippen LogP contribution in [0.25, 0.3) is 11.0 Å². The van der Waals surface area contributed by atoms with Gasteiger partial charge in [0.1, 0.15) is 5.75 Å². The summed E-state index contributed by atoms with van der Waals surface area (Å²) in [4.78, 5) is 17.4. The highest BCUT2D eigenvalue weighted by molar-refractivity contribution is 6.04. The van der Waals surface area contributed by atoms with Gasteiger partial charge in [-0.05, 0) is 50.1 Å². The molecule has 6 heteroatoms. The number of nitrogens with one attached hydrogen (secondary N) is 1. The predicted octanol–water partition coefficient (Wildman–Crippen LogP) is 4.50. The second-order valence-corrected chi connectivity index (χ2v) is 6.46. The molecular formula is C22H27N3O3. The molecule has 0 fully saturated rings. The smallest absolute Gasteiger partial charge is 0.258 e. The highest BCUT2D eigenvalue weighted by atomic mass is 16.5. The zero-order valence-electron chi connectivity index (χ0n) is 16.5. The molecule has 0 saturated heterocycles. The third kappa shape index (κ3) is 4.89. The molecule has 0 unspecified atom stereocenters. The molecule has 0 aliphatic carbocycles. The lowest BCUT2D eigenvalue weighted by Gasteiger charge is -2.11. The third-order valence-corrected chi connectivity index (χ3v) is 4.32. The molecule has 0 radical (unpaired) electrons. The van der Waals surface area contributed by atoms with E-state index in [4.69, 9.17) is 9.47 Å².